The van der Waals surface area contributed by atoms with Gasteiger partial charge in [-0.05, 0) is 25.8 Å². The van der Waals surface area contributed by atoms with Crippen molar-refractivity contribution in [3.8, 4) is 0 Å². The zero-order valence-corrected chi connectivity index (χ0v) is 9.48. The molecule has 82 valence electrons. The highest BCUT2D eigenvalue weighted by molar-refractivity contribution is 5.25. The van der Waals surface area contributed by atoms with E-state index < -0.39 is 0 Å². The zero-order chi connectivity index (χ0) is 10.9. The van der Waals surface area contributed by atoms with Gasteiger partial charge in [0.05, 0.1) is 12.1 Å². The minimum absolute atomic E-state index is 0.182. The molecule has 2 atom stereocenters. The number of nitrogens with zero attached hydrogens (tertiary/aromatic N) is 1. The summed E-state index contributed by atoms with van der Waals surface area (Å²) in [4.78, 5) is 2.38. The molecule has 1 aliphatic heterocycles. The normalized spacial score (nSPS) is 25.7. The van der Waals surface area contributed by atoms with Crippen molar-refractivity contribution in [3.63, 3.8) is 0 Å². The van der Waals surface area contributed by atoms with Crippen molar-refractivity contribution in [2.75, 3.05) is 13.2 Å². The van der Waals surface area contributed by atoms with E-state index in [0.717, 1.165) is 6.54 Å². The average molecular weight is 205 g/mol. The third kappa shape index (κ3) is 1.68. The molecule has 2 heteroatoms. The first-order valence-electron chi connectivity index (χ1n) is 5.61. The second-order valence-electron chi connectivity index (χ2n) is 4.63. The predicted octanol–water partition coefficient (Wildman–Crippen LogP) is 1.99. The molecular weight excluding hydrogens is 186 g/mol. The highest BCUT2D eigenvalue weighted by Gasteiger charge is 2.40. The second-order valence-corrected chi connectivity index (χ2v) is 4.63. The van der Waals surface area contributed by atoms with Crippen LogP contribution < -0.4 is 0 Å². The van der Waals surface area contributed by atoms with Gasteiger partial charge in [0, 0.05) is 12.6 Å². The van der Waals surface area contributed by atoms with Gasteiger partial charge < -0.3 is 5.11 Å². The Bertz CT molecular complexity index is 325. The molecule has 0 saturated carbocycles. The Morgan fingerprint density at radius 2 is 2.07 bits per heavy atom. The monoisotopic (exact) mass is 205 g/mol. The number of likely N-dealkylation sites (tertiary alicyclic amines) is 1. The van der Waals surface area contributed by atoms with Gasteiger partial charge in [-0.15, -0.1) is 0 Å². The van der Waals surface area contributed by atoms with E-state index in [9.17, 15) is 5.11 Å². The van der Waals surface area contributed by atoms with Crippen molar-refractivity contribution in [1.29, 1.82) is 0 Å². The van der Waals surface area contributed by atoms with E-state index in [-0.39, 0.29) is 12.1 Å². The van der Waals surface area contributed by atoms with Gasteiger partial charge in [-0.2, -0.15) is 0 Å². The minimum atomic E-state index is -0.209. The van der Waals surface area contributed by atoms with Gasteiger partial charge in [0.2, 0.25) is 0 Å². The van der Waals surface area contributed by atoms with Crippen LogP contribution in [0.15, 0.2) is 30.3 Å². The molecule has 2 nitrogen and oxygen atoms in total. The molecule has 1 fully saturated rings. The molecule has 0 amide bonds. The molecule has 1 N–H and O–H groups in total. The van der Waals surface area contributed by atoms with Crippen LogP contribution >= 0.6 is 0 Å². The zero-order valence-electron chi connectivity index (χ0n) is 9.48. The maximum absolute atomic E-state index is 9.65. The van der Waals surface area contributed by atoms with Crippen molar-refractivity contribution in [1.82, 2.24) is 4.90 Å². The van der Waals surface area contributed by atoms with Crippen molar-refractivity contribution in [3.05, 3.63) is 35.9 Å². The number of hydrogen-bond acceptors (Lipinski definition) is 2. The van der Waals surface area contributed by atoms with E-state index in [1.165, 1.54) is 12.0 Å². The first-order valence-corrected chi connectivity index (χ1v) is 5.61. The first-order chi connectivity index (χ1) is 7.18. The lowest BCUT2D eigenvalue weighted by Crippen LogP contribution is -2.58. The highest BCUT2D eigenvalue weighted by Crippen LogP contribution is 2.35. The molecule has 1 aliphatic rings. The molecule has 0 spiro atoms. The Hall–Kier alpha value is -0.860. The fourth-order valence-corrected chi connectivity index (χ4v) is 2.39. The van der Waals surface area contributed by atoms with Crippen molar-refractivity contribution in [2.45, 2.75) is 31.8 Å². The van der Waals surface area contributed by atoms with E-state index >= 15 is 0 Å². The van der Waals surface area contributed by atoms with Crippen molar-refractivity contribution < 1.29 is 5.11 Å². The topological polar surface area (TPSA) is 23.5 Å². The molecule has 0 bridgehead atoms. The Morgan fingerprint density at radius 1 is 1.40 bits per heavy atom. The first kappa shape index (κ1) is 10.7. The second kappa shape index (κ2) is 3.95. The van der Waals surface area contributed by atoms with Crippen LogP contribution in [0.1, 0.15) is 25.8 Å². The third-order valence-electron chi connectivity index (χ3n) is 3.66. The summed E-state index contributed by atoms with van der Waals surface area (Å²) >= 11 is 0. The van der Waals surface area contributed by atoms with Crippen molar-refractivity contribution >= 4 is 0 Å². The van der Waals surface area contributed by atoms with Gasteiger partial charge in [0.25, 0.3) is 0 Å². The standard InChI is InChI=1S/C13H19NO/c1-11-8-9-14(11)13(2,10-15)12-6-4-3-5-7-12/h3-7,11,15H,8-10H2,1-2H3. The fourth-order valence-electron chi connectivity index (χ4n) is 2.39. The van der Waals surface area contributed by atoms with E-state index in [0.29, 0.717) is 6.04 Å². The quantitative estimate of drug-likeness (QED) is 0.815. The maximum atomic E-state index is 9.65. The number of rotatable bonds is 3. The number of hydrogen-bond donors (Lipinski definition) is 1. The van der Waals surface area contributed by atoms with Crippen molar-refractivity contribution in [2.24, 2.45) is 0 Å². The van der Waals surface area contributed by atoms with Crippen LogP contribution in [0.25, 0.3) is 0 Å². The van der Waals surface area contributed by atoms with E-state index in [4.69, 9.17) is 0 Å². The van der Waals surface area contributed by atoms with E-state index in [2.05, 4.69) is 30.9 Å². The molecule has 15 heavy (non-hydrogen) atoms. The summed E-state index contributed by atoms with van der Waals surface area (Å²) in [6.45, 7) is 5.62. The maximum Gasteiger partial charge on any atom is 0.0667 e. The lowest BCUT2D eigenvalue weighted by atomic mass is 9.85. The Kier molecular flexibility index (Phi) is 2.81. The van der Waals surface area contributed by atoms with Gasteiger partial charge in [-0.1, -0.05) is 30.3 Å². The SMILES string of the molecule is CC1CCN1C(C)(CO)c1ccccc1. The van der Waals surface area contributed by atoms with Gasteiger partial charge in [-0.3, -0.25) is 4.90 Å². The Morgan fingerprint density at radius 3 is 2.47 bits per heavy atom. The summed E-state index contributed by atoms with van der Waals surface area (Å²) in [6, 6.07) is 10.9. The molecule has 2 unspecified atom stereocenters. The summed E-state index contributed by atoms with van der Waals surface area (Å²) in [5, 5.41) is 9.65. The summed E-state index contributed by atoms with van der Waals surface area (Å²) in [5.41, 5.74) is 0.998. The largest absolute Gasteiger partial charge is 0.394 e. The summed E-state index contributed by atoms with van der Waals surface area (Å²) < 4.78 is 0. The molecule has 0 aliphatic carbocycles. The molecule has 1 aromatic carbocycles. The van der Waals surface area contributed by atoms with Crippen LogP contribution in [0.5, 0.6) is 0 Å². The lowest BCUT2D eigenvalue weighted by Gasteiger charge is -2.50. The molecule has 1 aromatic rings. The van der Waals surface area contributed by atoms with Gasteiger partial charge in [0.15, 0.2) is 0 Å². The van der Waals surface area contributed by atoms with Gasteiger partial charge in [0.1, 0.15) is 0 Å². The van der Waals surface area contributed by atoms with Gasteiger partial charge >= 0.3 is 0 Å². The van der Waals surface area contributed by atoms with Crippen LogP contribution in [-0.4, -0.2) is 29.2 Å². The lowest BCUT2D eigenvalue weighted by molar-refractivity contribution is -0.0442. The summed E-state index contributed by atoms with van der Waals surface area (Å²) in [7, 11) is 0. The molecule has 0 aromatic heterocycles. The molecular formula is C13H19NO. The fraction of sp³-hybridized carbons (Fsp3) is 0.538. The number of aliphatic hydroxyl groups is 1. The van der Waals surface area contributed by atoms with Crippen LogP contribution in [-0.2, 0) is 5.54 Å². The molecule has 0 radical (unpaired) electrons. The smallest absolute Gasteiger partial charge is 0.0667 e. The third-order valence-corrected chi connectivity index (χ3v) is 3.66. The Balaban J connectivity index is 2.29. The summed E-state index contributed by atoms with van der Waals surface area (Å²) in [6.07, 6.45) is 1.24. The van der Waals surface area contributed by atoms with Crippen LogP contribution in [0, 0.1) is 0 Å². The molecule has 1 heterocycles. The minimum Gasteiger partial charge on any atom is -0.394 e. The van der Waals surface area contributed by atoms with Crippen LogP contribution in [0.4, 0.5) is 0 Å². The summed E-state index contributed by atoms with van der Waals surface area (Å²) in [5.74, 6) is 0. The predicted molar refractivity (Wildman–Crippen MR) is 61.7 cm³/mol. The van der Waals surface area contributed by atoms with Gasteiger partial charge in [-0.25, -0.2) is 0 Å². The average Bonchev–Trinajstić information content (AvgIpc) is 2.28. The molecule has 1 saturated heterocycles. The van der Waals surface area contributed by atoms with E-state index in [1.807, 2.05) is 18.2 Å². The molecule has 2 rings (SSSR count). The highest BCUT2D eigenvalue weighted by atomic mass is 16.3. The Labute approximate surface area is 91.5 Å². The van der Waals surface area contributed by atoms with Crippen LogP contribution in [0.2, 0.25) is 0 Å². The van der Waals surface area contributed by atoms with Crippen LogP contribution in [0.3, 0.4) is 0 Å². The number of benzene rings is 1. The number of aliphatic hydroxyl groups excluding tert-OH is 1. The van der Waals surface area contributed by atoms with E-state index in [1.54, 1.807) is 0 Å².